The maximum absolute atomic E-state index is 13.5. The van der Waals surface area contributed by atoms with Crippen LogP contribution in [0.15, 0.2) is 53.9 Å². The van der Waals surface area contributed by atoms with Crippen molar-refractivity contribution < 1.29 is 14.0 Å². The van der Waals surface area contributed by atoms with E-state index in [1.54, 1.807) is 23.5 Å². The molecule has 0 atom stereocenters. The molecule has 0 aliphatic rings. The normalized spacial score (nSPS) is 10.8. The SMILES string of the molecule is O=C(CCC(=O)c1ccccc1F)c1ccc2sccc2c1. The Balaban J connectivity index is 1.69. The van der Waals surface area contributed by atoms with Crippen LogP contribution < -0.4 is 0 Å². The van der Waals surface area contributed by atoms with E-state index in [4.69, 9.17) is 0 Å². The highest BCUT2D eigenvalue weighted by Crippen LogP contribution is 2.22. The molecule has 0 fully saturated rings. The van der Waals surface area contributed by atoms with Crippen LogP contribution in [-0.2, 0) is 0 Å². The molecular formula is C18H13FO2S. The Labute approximate surface area is 131 Å². The molecule has 22 heavy (non-hydrogen) atoms. The summed E-state index contributed by atoms with van der Waals surface area (Å²) in [6.07, 6.45) is 0.101. The number of hydrogen-bond acceptors (Lipinski definition) is 3. The smallest absolute Gasteiger partial charge is 0.166 e. The molecule has 0 N–H and O–H groups in total. The molecule has 110 valence electrons. The number of benzene rings is 2. The molecule has 2 aromatic carbocycles. The van der Waals surface area contributed by atoms with Crippen molar-refractivity contribution in [2.24, 2.45) is 0 Å². The molecule has 0 aliphatic carbocycles. The highest BCUT2D eigenvalue weighted by molar-refractivity contribution is 7.17. The molecule has 0 spiro atoms. The van der Waals surface area contributed by atoms with Crippen molar-refractivity contribution in [1.82, 2.24) is 0 Å². The molecule has 2 nitrogen and oxygen atoms in total. The van der Waals surface area contributed by atoms with Gasteiger partial charge < -0.3 is 0 Å². The minimum absolute atomic E-state index is 0.0153. The van der Waals surface area contributed by atoms with Gasteiger partial charge in [0.25, 0.3) is 0 Å². The van der Waals surface area contributed by atoms with E-state index < -0.39 is 5.82 Å². The predicted octanol–water partition coefficient (Wildman–Crippen LogP) is 4.89. The van der Waals surface area contributed by atoms with Gasteiger partial charge in [0.15, 0.2) is 11.6 Å². The summed E-state index contributed by atoms with van der Waals surface area (Å²) >= 11 is 1.62. The van der Waals surface area contributed by atoms with Gasteiger partial charge in [0.1, 0.15) is 5.82 Å². The summed E-state index contributed by atoms with van der Waals surface area (Å²) in [6.45, 7) is 0. The summed E-state index contributed by atoms with van der Waals surface area (Å²) in [5.74, 6) is -0.986. The second kappa shape index (κ2) is 6.20. The molecule has 3 aromatic rings. The zero-order valence-corrected chi connectivity index (χ0v) is 12.5. The topological polar surface area (TPSA) is 34.1 Å². The Morgan fingerprint density at radius 3 is 2.55 bits per heavy atom. The number of halogens is 1. The molecule has 0 amide bonds. The van der Waals surface area contributed by atoms with Crippen molar-refractivity contribution in [3.05, 3.63) is 70.9 Å². The van der Waals surface area contributed by atoms with Crippen LogP contribution in [0, 0.1) is 5.82 Å². The van der Waals surface area contributed by atoms with E-state index >= 15 is 0 Å². The Morgan fingerprint density at radius 1 is 0.955 bits per heavy atom. The van der Waals surface area contributed by atoms with E-state index in [0.717, 1.165) is 10.1 Å². The number of fused-ring (bicyclic) bond motifs is 1. The van der Waals surface area contributed by atoms with Crippen LogP contribution >= 0.6 is 11.3 Å². The maximum atomic E-state index is 13.5. The molecule has 3 rings (SSSR count). The van der Waals surface area contributed by atoms with Gasteiger partial charge in [-0.15, -0.1) is 11.3 Å². The van der Waals surface area contributed by atoms with Crippen LogP contribution in [0.1, 0.15) is 33.6 Å². The first-order valence-electron chi connectivity index (χ1n) is 6.93. The fourth-order valence-electron chi connectivity index (χ4n) is 2.33. The van der Waals surface area contributed by atoms with E-state index in [1.165, 1.54) is 18.2 Å². The summed E-state index contributed by atoms with van der Waals surface area (Å²) in [5, 5.41) is 3.00. The third-order valence-corrected chi connectivity index (χ3v) is 4.43. The quantitative estimate of drug-likeness (QED) is 0.629. The van der Waals surface area contributed by atoms with Crippen molar-refractivity contribution in [2.45, 2.75) is 12.8 Å². The van der Waals surface area contributed by atoms with Gasteiger partial charge in [-0.05, 0) is 47.2 Å². The summed E-state index contributed by atoms with van der Waals surface area (Å²) in [4.78, 5) is 24.2. The number of rotatable bonds is 5. The average Bonchev–Trinajstić information content (AvgIpc) is 3.00. The lowest BCUT2D eigenvalue weighted by Gasteiger charge is -2.03. The van der Waals surface area contributed by atoms with E-state index in [1.807, 2.05) is 23.6 Å². The Kier molecular flexibility index (Phi) is 4.11. The molecule has 1 aromatic heterocycles. The van der Waals surface area contributed by atoms with Crippen LogP contribution in [0.5, 0.6) is 0 Å². The molecular weight excluding hydrogens is 299 g/mol. The maximum Gasteiger partial charge on any atom is 0.166 e. The summed E-state index contributed by atoms with van der Waals surface area (Å²) in [5.41, 5.74) is 0.635. The molecule has 0 radical (unpaired) electrons. The average molecular weight is 312 g/mol. The van der Waals surface area contributed by atoms with Crippen LogP contribution in [0.3, 0.4) is 0 Å². The second-order valence-corrected chi connectivity index (χ2v) is 5.95. The largest absolute Gasteiger partial charge is 0.294 e. The standard InChI is InChI=1S/C18H13FO2S/c19-15-4-2-1-3-14(15)17(21)7-6-16(20)12-5-8-18-13(11-12)9-10-22-18/h1-5,8-11H,6-7H2. The van der Waals surface area contributed by atoms with Gasteiger partial charge in [0.05, 0.1) is 5.56 Å². The Hall–Kier alpha value is -2.33. The van der Waals surface area contributed by atoms with Crippen LogP contribution in [-0.4, -0.2) is 11.6 Å². The van der Waals surface area contributed by atoms with E-state index in [9.17, 15) is 14.0 Å². The first kappa shape index (κ1) is 14.6. The van der Waals surface area contributed by atoms with Crippen LogP contribution in [0.25, 0.3) is 10.1 Å². The minimum atomic E-state index is -0.542. The fraction of sp³-hybridized carbons (Fsp3) is 0.111. The Morgan fingerprint density at radius 2 is 1.73 bits per heavy atom. The zero-order chi connectivity index (χ0) is 15.5. The van der Waals surface area contributed by atoms with Crippen LogP contribution in [0.2, 0.25) is 0 Å². The van der Waals surface area contributed by atoms with Gasteiger partial charge in [-0.3, -0.25) is 9.59 Å². The number of thiophene rings is 1. The van der Waals surface area contributed by atoms with E-state index in [2.05, 4.69) is 0 Å². The van der Waals surface area contributed by atoms with Crippen molar-refractivity contribution in [1.29, 1.82) is 0 Å². The monoisotopic (exact) mass is 312 g/mol. The van der Waals surface area contributed by atoms with Crippen molar-refractivity contribution in [2.75, 3.05) is 0 Å². The van der Waals surface area contributed by atoms with Crippen LogP contribution in [0.4, 0.5) is 4.39 Å². The molecule has 0 saturated carbocycles. The van der Waals surface area contributed by atoms with Gasteiger partial charge >= 0.3 is 0 Å². The lowest BCUT2D eigenvalue weighted by Crippen LogP contribution is -2.06. The lowest BCUT2D eigenvalue weighted by molar-refractivity contribution is 0.0915. The molecule has 0 aliphatic heterocycles. The highest BCUT2D eigenvalue weighted by Gasteiger charge is 2.14. The second-order valence-electron chi connectivity index (χ2n) is 5.00. The highest BCUT2D eigenvalue weighted by atomic mass is 32.1. The summed E-state index contributed by atoms with van der Waals surface area (Å²) in [6, 6.07) is 13.3. The number of ketones is 2. The molecule has 1 heterocycles. The third kappa shape index (κ3) is 2.97. The summed E-state index contributed by atoms with van der Waals surface area (Å²) in [7, 11) is 0. The first-order valence-corrected chi connectivity index (χ1v) is 7.81. The molecule has 0 unspecified atom stereocenters. The van der Waals surface area contributed by atoms with Crippen molar-refractivity contribution >= 4 is 33.0 Å². The van der Waals surface area contributed by atoms with Gasteiger partial charge in [-0.25, -0.2) is 4.39 Å². The molecule has 0 bridgehead atoms. The van der Waals surface area contributed by atoms with E-state index in [-0.39, 0.29) is 30.0 Å². The first-order chi connectivity index (χ1) is 10.6. The Bertz CT molecular complexity index is 851. The van der Waals surface area contributed by atoms with Gasteiger partial charge in [0, 0.05) is 23.1 Å². The van der Waals surface area contributed by atoms with E-state index in [0.29, 0.717) is 5.56 Å². The van der Waals surface area contributed by atoms with Crippen molar-refractivity contribution in [3.8, 4) is 0 Å². The fourth-order valence-corrected chi connectivity index (χ4v) is 3.10. The molecule has 0 saturated heterocycles. The lowest BCUT2D eigenvalue weighted by atomic mass is 10.0. The van der Waals surface area contributed by atoms with Crippen molar-refractivity contribution in [3.63, 3.8) is 0 Å². The van der Waals surface area contributed by atoms with Gasteiger partial charge in [-0.2, -0.15) is 0 Å². The predicted molar refractivity (Wildman–Crippen MR) is 86.1 cm³/mol. The zero-order valence-electron chi connectivity index (χ0n) is 11.7. The third-order valence-electron chi connectivity index (χ3n) is 3.53. The van der Waals surface area contributed by atoms with Gasteiger partial charge in [-0.1, -0.05) is 12.1 Å². The van der Waals surface area contributed by atoms with Gasteiger partial charge in [0.2, 0.25) is 0 Å². The summed E-state index contributed by atoms with van der Waals surface area (Å²) < 4.78 is 14.6. The molecule has 4 heteroatoms. The number of carbonyl (C=O) groups excluding carboxylic acids is 2. The number of hydrogen-bond donors (Lipinski definition) is 0. The number of carbonyl (C=O) groups is 2. The minimum Gasteiger partial charge on any atom is -0.294 e. The number of Topliss-reactive ketones (excluding diaryl/α,β-unsaturated/α-hetero) is 2.